The van der Waals surface area contributed by atoms with Gasteiger partial charge in [-0.2, -0.15) is 0 Å². The Morgan fingerprint density at radius 2 is 1.47 bits per heavy atom. The van der Waals surface area contributed by atoms with Crippen molar-refractivity contribution in [3.63, 3.8) is 0 Å². The number of hydrogen-bond donors (Lipinski definition) is 1. The second kappa shape index (κ2) is 5.08. The van der Waals surface area contributed by atoms with E-state index in [4.69, 9.17) is 9.68 Å². The maximum atomic E-state index is 5.18. The van der Waals surface area contributed by atoms with Gasteiger partial charge in [-0.3, -0.25) is 0 Å². The van der Waals surface area contributed by atoms with Gasteiger partial charge in [0.2, 0.25) is 0 Å². The van der Waals surface area contributed by atoms with Crippen molar-refractivity contribution in [2.75, 3.05) is 0 Å². The molecule has 0 saturated carbocycles. The summed E-state index contributed by atoms with van der Waals surface area (Å²) in [5.74, 6) is 1.60. The number of rotatable bonds is 4. The zero-order valence-electron chi connectivity index (χ0n) is 8.19. The van der Waals surface area contributed by atoms with E-state index in [0.717, 1.165) is 24.4 Å². The average molecular weight is 201 g/mol. The largest absolute Gasteiger partial charge is 0.378 e. The molecule has 0 bridgehead atoms. The van der Waals surface area contributed by atoms with Gasteiger partial charge >= 0.3 is 0 Å². The lowest BCUT2D eigenvalue weighted by Gasteiger charge is -2.11. The molecule has 15 heavy (non-hydrogen) atoms. The van der Waals surface area contributed by atoms with E-state index in [0.29, 0.717) is 0 Å². The first-order valence-corrected chi connectivity index (χ1v) is 4.74. The Labute approximate surface area is 88.3 Å². The maximum Gasteiger partial charge on any atom is 0.133 e. The summed E-state index contributed by atoms with van der Waals surface area (Å²) in [6, 6.07) is 0. The fourth-order valence-electron chi connectivity index (χ4n) is 1.15. The number of allylic oxidation sites excluding steroid dienone is 4. The van der Waals surface area contributed by atoms with Crippen LogP contribution in [0.25, 0.3) is 0 Å². The van der Waals surface area contributed by atoms with Gasteiger partial charge in [0.25, 0.3) is 0 Å². The highest BCUT2D eigenvalue weighted by atomic mass is 16.9. The van der Waals surface area contributed by atoms with E-state index >= 15 is 0 Å². The lowest BCUT2D eigenvalue weighted by Crippen LogP contribution is -2.15. The summed E-state index contributed by atoms with van der Waals surface area (Å²) in [5, 5.41) is 0. The van der Waals surface area contributed by atoms with E-state index in [2.05, 4.69) is 17.1 Å². The zero-order chi connectivity index (χ0) is 10.3. The van der Waals surface area contributed by atoms with Crippen molar-refractivity contribution in [3.05, 3.63) is 59.4 Å². The first-order chi connectivity index (χ1) is 7.45. The van der Waals surface area contributed by atoms with Gasteiger partial charge in [0.15, 0.2) is 0 Å². The molecule has 0 atom stereocenters. The average Bonchev–Trinajstić information content (AvgIpc) is 2.32. The molecule has 0 spiro atoms. The van der Waals surface area contributed by atoms with Crippen LogP contribution in [0.3, 0.4) is 0 Å². The third-order valence-corrected chi connectivity index (χ3v) is 1.92. The molecule has 0 aliphatic heterocycles. The van der Waals surface area contributed by atoms with Crippen LogP contribution in [0.5, 0.6) is 0 Å². The molecule has 3 nitrogen and oxygen atoms in total. The standard InChI is InChI=1S/C12H11NO2/c1-3-7-11(8-4-1)14-13-15-12-9-5-2-6-10-12/h3-7,9,13H,8,10H2. The van der Waals surface area contributed by atoms with Crippen molar-refractivity contribution < 1.29 is 9.68 Å². The minimum absolute atomic E-state index is 0.728. The molecule has 0 aromatic rings. The minimum Gasteiger partial charge on any atom is -0.378 e. The van der Waals surface area contributed by atoms with Crippen molar-refractivity contribution in [3.8, 4) is 0 Å². The first-order valence-electron chi connectivity index (χ1n) is 4.74. The predicted molar refractivity (Wildman–Crippen MR) is 56.0 cm³/mol. The van der Waals surface area contributed by atoms with E-state index < -0.39 is 0 Å². The first kappa shape index (κ1) is 9.63. The van der Waals surface area contributed by atoms with Gasteiger partial charge in [-0.1, -0.05) is 0 Å². The van der Waals surface area contributed by atoms with Gasteiger partial charge in [-0.25, -0.2) is 0 Å². The Morgan fingerprint density at radius 3 is 1.87 bits per heavy atom. The summed E-state index contributed by atoms with van der Waals surface area (Å²) in [6.45, 7) is 0. The third kappa shape index (κ3) is 3.04. The van der Waals surface area contributed by atoms with Crippen LogP contribution in [0, 0.1) is 0 Å². The van der Waals surface area contributed by atoms with Crippen LogP contribution in [-0.4, -0.2) is 0 Å². The normalized spacial score (nSPS) is 17.3. The highest BCUT2D eigenvalue weighted by Gasteiger charge is 2.00. The highest BCUT2D eigenvalue weighted by molar-refractivity contribution is 5.16. The topological polar surface area (TPSA) is 30.5 Å². The molecule has 0 heterocycles. The second-order valence-corrected chi connectivity index (χ2v) is 3.04. The summed E-state index contributed by atoms with van der Waals surface area (Å²) < 4.78 is 0. The maximum absolute atomic E-state index is 5.18. The Hall–Kier alpha value is -1.92. The minimum atomic E-state index is 0.728. The summed E-state index contributed by atoms with van der Waals surface area (Å²) in [7, 11) is 0. The molecule has 0 aromatic carbocycles. The number of nitrogens with one attached hydrogen (secondary N) is 1. The summed E-state index contributed by atoms with van der Waals surface area (Å²) >= 11 is 0. The van der Waals surface area contributed by atoms with Gasteiger partial charge in [-0.15, -0.1) is 11.5 Å². The Morgan fingerprint density at radius 1 is 0.933 bits per heavy atom. The van der Waals surface area contributed by atoms with Gasteiger partial charge in [0.1, 0.15) is 11.5 Å². The molecule has 76 valence electrons. The van der Waals surface area contributed by atoms with Crippen LogP contribution < -0.4 is 5.64 Å². The highest BCUT2D eigenvalue weighted by Crippen LogP contribution is 2.09. The van der Waals surface area contributed by atoms with Crippen LogP contribution in [0.2, 0.25) is 0 Å². The molecule has 0 unspecified atom stereocenters. The summed E-state index contributed by atoms with van der Waals surface area (Å²) in [4.78, 5) is 10.4. The SMILES string of the molecule is C1=CC=C(ONOC2=CC=C=CC2)CC=1. The van der Waals surface area contributed by atoms with Crippen molar-refractivity contribution >= 4 is 0 Å². The molecule has 2 aliphatic rings. The summed E-state index contributed by atoms with van der Waals surface area (Å²) in [6.07, 6.45) is 12.5. The van der Waals surface area contributed by atoms with Crippen molar-refractivity contribution in [1.29, 1.82) is 0 Å². The van der Waals surface area contributed by atoms with Crippen LogP contribution in [0.1, 0.15) is 12.8 Å². The second-order valence-electron chi connectivity index (χ2n) is 3.04. The third-order valence-electron chi connectivity index (χ3n) is 1.92. The molecule has 2 rings (SSSR count). The van der Waals surface area contributed by atoms with Crippen LogP contribution in [0.4, 0.5) is 0 Å². The molecule has 0 aromatic heterocycles. The van der Waals surface area contributed by atoms with Crippen molar-refractivity contribution in [2.45, 2.75) is 12.8 Å². The van der Waals surface area contributed by atoms with Crippen LogP contribution >= 0.6 is 0 Å². The lowest BCUT2D eigenvalue weighted by molar-refractivity contribution is -0.116. The Balaban J connectivity index is 1.72. The quantitative estimate of drug-likeness (QED) is 0.559. The van der Waals surface area contributed by atoms with Crippen molar-refractivity contribution in [1.82, 2.24) is 5.64 Å². The van der Waals surface area contributed by atoms with Gasteiger partial charge in [-0.05, 0) is 36.5 Å². The molecule has 3 heteroatoms. The molecular weight excluding hydrogens is 190 g/mol. The smallest absolute Gasteiger partial charge is 0.133 e. The van der Waals surface area contributed by atoms with E-state index in [1.54, 1.807) is 12.2 Å². The van der Waals surface area contributed by atoms with Crippen molar-refractivity contribution in [2.24, 2.45) is 0 Å². The molecule has 2 aliphatic carbocycles. The van der Waals surface area contributed by atoms with E-state index in [9.17, 15) is 0 Å². The molecule has 1 N–H and O–H groups in total. The van der Waals surface area contributed by atoms with Gasteiger partial charge in [0, 0.05) is 18.5 Å². The molecule has 0 radical (unpaired) electrons. The fourth-order valence-corrected chi connectivity index (χ4v) is 1.15. The molecule has 0 amide bonds. The van der Waals surface area contributed by atoms with E-state index in [1.807, 2.05) is 24.3 Å². The van der Waals surface area contributed by atoms with Gasteiger partial charge in [0.05, 0.1) is 0 Å². The fraction of sp³-hybridized carbons (Fsp3) is 0.167. The molecule has 0 fully saturated rings. The monoisotopic (exact) mass is 201 g/mol. The molecule has 0 saturated heterocycles. The Bertz CT molecular complexity index is 377. The molecular formula is C12H11NO2. The summed E-state index contributed by atoms with van der Waals surface area (Å²) in [5.41, 5.74) is 8.35. The van der Waals surface area contributed by atoms with Crippen LogP contribution in [0.15, 0.2) is 59.4 Å². The zero-order valence-corrected chi connectivity index (χ0v) is 8.19. The van der Waals surface area contributed by atoms with E-state index in [-0.39, 0.29) is 0 Å². The number of hydrogen-bond acceptors (Lipinski definition) is 3. The predicted octanol–water partition coefficient (Wildman–Crippen LogP) is 2.44. The Kier molecular flexibility index (Phi) is 3.26. The van der Waals surface area contributed by atoms with Crippen LogP contribution in [-0.2, 0) is 9.68 Å². The van der Waals surface area contributed by atoms with Gasteiger partial charge < -0.3 is 9.68 Å². The van der Waals surface area contributed by atoms with E-state index in [1.165, 1.54) is 0 Å². The lowest BCUT2D eigenvalue weighted by atomic mass is 10.2.